The van der Waals surface area contributed by atoms with Crippen molar-refractivity contribution in [3.8, 4) is 11.5 Å². The molecule has 6 heteroatoms. The van der Waals surface area contributed by atoms with Crippen LogP contribution >= 0.6 is 0 Å². The SMILES string of the molecule is CC(COc1ccc(OCc2ccccc2)cc1)N1CCN(C(=O)OC(C)(C)C)CC1. The smallest absolute Gasteiger partial charge is 0.410 e. The van der Waals surface area contributed by atoms with Crippen molar-refractivity contribution in [2.75, 3.05) is 32.8 Å². The van der Waals surface area contributed by atoms with E-state index >= 15 is 0 Å². The van der Waals surface area contributed by atoms with Crippen LogP contribution in [0.25, 0.3) is 0 Å². The molecule has 0 aliphatic carbocycles. The number of rotatable bonds is 7. The molecule has 1 heterocycles. The molecule has 1 saturated heterocycles. The quantitative estimate of drug-likeness (QED) is 0.648. The van der Waals surface area contributed by atoms with Crippen molar-refractivity contribution in [2.24, 2.45) is 0 Å². The average molecular weight is 427 g/mol. The zero-order valence-corrected chi connectivity index (χ0v) is 19.0. The lowest BCUT2D eigenvalue weighted by Crippen LogP contribution is -2.53. The Bertz CT molecular complexity index is 810. The van der Waals surface area contributed by atoms with Crippen LogP contribution in [0.2, 0.25) is 0 Å². The third-order valence-electron chi connectivity index (χ3n) is 5.15. The fraction of sp³-hybridized carbons (Fsp3) is 0.480. The van der Waals surface area contributed by atoms with E-state index in [4.69, 9.17) is 14.2 Å². The van der Waals surface area contributed by atoms with Crippen LogP contribution in [-0.2, 0) is 11.3 Å². The van der Waals surface area contributed by atoms with E-state index in [1.807, 2.05) is 75.4 Å². The Balaban J connectivity index is 1.38. The molecule has 0 radical (unpaired) electrons. The van der Waals surface area contributed by atoms with Crippen molar-refractivity contribution in [3.63, 3.8) is 0 Å². The van der Waals surface area contributed by atoms with Crippen molar-refractivity contribution in [1.82, 2.24) is 9.80 Å². The number of nitrogens with zero attached hydrogens (tertiary/aromatic N) is 2. The maximum absolute atomic E-state index is 12.2. The predicted molar refractivity (Wildman–Crippen MR) is 122 cm³/mol. The monoisotopic (exact) mass is 426 g/mol. The van der Waals surface area contributed by atoms with Gasteiger partial charge in [0.1, 0.15) is 30.3 Å². The Labute approximate surface area is 185 Å². The number of benzene rings is 2. The lowest BCUT2D eigenvalue weighted by molar-refractivity contribution is 0.00882. The number of carbonyl (C=O) groups is 1. The fourth-order valence-corrected chi connectivity index (χ4v) is 3.37. The first-order valence-electron chi connectivity index (χ1n) is 10.9. The second kappa shape index (κ2) is 10.5. The molecule has 1 atom stereocenters. The number of hydrogen-bond donors (Lipinski definition) is 0. The van der Waals surface area contributed by atoms with Gasteiger partial charge in [0.05, 0.1) is 0 Å². The van der Waals surface area contributed by atoms with Gasteiger partial charge in [-0.3, -0.25) is 4.90 Å². The maximum Gasteiger partial charge on any atom is 0.410 e. The molecule has 168 valence electrons. The summed E-state index contributed by atoms with van der Waals surface area (Å²) in [6.45, 7) is 11.9. The Morgan fingerprint density at radius 1 is 0.903 bits per heavy atom. The van der Waals surface area contributed by atoms with Crippen LogP contribution in [0.15, 0.2) is 54.6 Å². The van der Waals surface area contributed by atoms with E-state index in [0.29, 0.717) is 26.3 Å². The summed E-state index contributed by atoms with van der Waals surface area (Å²) in [4.78, 5) is 16.3. The van der Waals surface area contributed by atoms with Crippen LogP contribution in [0.3, 0.4) is 0 Å². The number of carbonyl (C=O) groups excluding carboxylic acids is 1. The molecule has 2 aromatic rings. The molecule has 0 saturated carbocycles. The van der Waals surface area contributed by atoms with Crippen LogP contribution in [0.1, 0.15) is 33.3 Å². The topological polar surface area (TPSA) is 51.2 Å². The van der Waals surface area contributed by atoms with Crippen LogP contribution in [-0.4, -0.2) is 60.3 Å². The minimum atomic E-state index is -0.461. The van der Waals surface area contributed by atoms with Gasteiger partial charge in [-0.25, -0.2) is 4.79 Å². The average Bonchev–Trinajstić information content (AvgIpc) is 2.76. The molecule has 1 aliphatic rings. The highest BCUT2D eigenvalue weighted by Crippen LogP contribution is 2.20. The van der Waals surface area contributed by atoms with Crippen LogP contribution in [0.4, 0.5) is 4.79 Å². The van der Waals surface area contributed by atoms with Crippen LogP contribution in [0.5, 0.6) is 11.5 Å². The number of amides is 1. The van der Waals surface area contributed by atoms with Gasteiger partial charge in [-0.2, -0.15) is 0 Å². The summed E-state index contributed by atoms with van der Waals surface area (Å²) in [6.07, 6.45) is -0.231. The normalized spacial score (nSPS) is 15.9. The van der Waals surface area contributed by atoms with Gasteiger partial charge in [-0.1, -0.05) is 30.3 Å². The van der Waals surface area contributed by atoms with Crippen molar-refractivity contribution in [2.45, 2.75) is 45.9 Å². The van der Waals surface area contributed by atoms with E-state index in [2.05, 4.69) is 11.8 Å². The molecule has 0 bridgehead atoms. The lowest BCUT2D eigenvalue weighted by Gasteiger charge is -2.38. The van der Waals surface area contributed by atoms with E-state index in [1.54, 1.807) is 4.90 Å². The van der Waals surface area contributed by atoms with E-state index in [9.17, 15) is 4.79 Å². The summed E-state index contributed by atoms with van der Waals surface area (Å²) in [5.74, 6) is 1.65. The van der Waals surface area contributed by atoms with Gasteiger partial charge < -0.3 is 19.1 Å². The Hall–Kier alpha value is -2.73. The van der Waals surface area contributed by atoms with Gasteiger partial charge in [0, 0.05) is 32.2 Å². The molecular weight excluding hydrogens is 392 g/mol. The van der Waals surface area contributed by atoms with Gasteiger partial charge in [0.2, 0.25) is 0 Å². The van der Waals surface area contributed by atoms with Gasteiger partial charge in [0.15, 0.2) is 0 Å². The molecule has 1 fully saturated rings. The third-order valence-corrected chi connectivity index (χ3v) is 5.15. The van der Waals surface area contributed by atoms with Crippen molar-refractivity contribution in [1.29, 1.82) is 0 Å². The molecule has 1 amide bonds. The van der Waals surface area contributed by atoms with Gasteiger partial charge in [-0.15, -0.1) is 0 Å². The second-order valence-corrected chi connectivity index (χ2v) is 8.91. The van der Waals surface area contributed by atoms with Crippen molar-refractivity contribution < 1.29 is 19.0 Å². The first-order valence-corrected chi connectivity index (χ1v) is 10.9. The van der Waals surface area contributed by atoms with E-state index < -0.39 is 5.60 Å². The lowest BCUT2D eigenvalue weighted by atomic mass is 10.2. The molecule has 3 rings (SSSR count). The first-order chi connectivity index (χ1) is 14.8. The number of piperazine rings is 1. The maximum atomic E-state index is 12.2. The van der Waals surface area contributed by atoms with Gasteiger partial charge in [-0.05, 0) is 57.5 Å². The summed E-state index contributed by atoms with van der Waals surface area (Å²) in [6, 6.07) is 18.1. The van der Waals surface area contributed by atoms with Crippen LogP contribution in [0, 0.1) is 0 Å². The minimum absolute atomic E-state index is 0.231. The largest absolute Gasteiger partial charge is 0.492 e. The van der Waals surface area contributed by atoms with E-state index in [0.717, 1.165) is 30.2 Å². The summed E-state index contributed by atoms with van der Waals surface area (Å²) < 4.78 is 17.3. The van der Waals surface area contributed by atoms with Crippen LogP contribution < -0.4 is 9.47 Å². The summed E-state index contributed by atoms with van der Waals surface area (Å²) in [5, 5.41) is 0. The van der Waals surface area contributed by atoms with Crippen molar-refractivity contribution in [3.05, 3.63) is 60.2 Å². The van der Waals surface area contributed by atoms with Gasteiger partial charge >= 0.3 is 6.09 Å². The predicted octanol–water partition coefficient (Wildman–Crippen LogP) is 4.59. The first kappa shape index (κ1) is 22.9. The molecule has 31 heavy (non-hydrogen) atoms. The molecule has 0 aromatic heterocycles. The molecule has 6 nitrogen and oxygen atoms in total. The highest BCUT2D eigenvalue weighted by molar-refractivity contribution is 5.68. The standard InChI is InChI=1S/C25H34N2O4/c1-20(26-14-16-27(17-15-26)24(28)31-25(2,3)4)18-29-22-10-12-23(13-11-22)30-19-21-8-6-5-7-9-21/h5-13,20H,14-19H2,1-4H3. The molecule has 0 spiro atoms. The van der Waals surface area contributed by atoms with Gasteiger partial charge in [0.25, 0.3) is 0 Å². The molecule has 1 aliphatic heterocycles. The highest BCUT2D eigenvalue weighted by Gasteiger charge is 2.27. The Kier molecular flexibility index (Phi) is 7.80. The fourth-order valence-electron chi connectivity index (χ4n) is 3.37. The molecule has 0 N–H and O–H groups in total. The summed E-state index contributed by atoms with van der Waals surface area (Å²) in [5.41, 5.74) is 0.681. The molecular formula is C25H34N2O4. The highest BCUT2D eigenvalue weighted by atomic mass is 16.6. The van der Waals surface area contributed by atoms with E-state index in [1.165, 1.54) is 0 Å². The Morgan fingerprint density at radius 3 is 2.06 bits per heavy atom. The zero-order valence-electron chi connectivity index (χ0n) is 19.0. The summed E-state index contributed by atoms with van der Waals surface area (Å²) >= 11 is 0. The molecule has 2 aromatic carbocycles. The molecule has 1 unspecified atom stereocenters. The van der Waals surface area contributed by atoms with Crippen molar-refractivity contribution >= 4 is 6.09 Å². The third kappa shape index (κ3) is 7.47. The summed E-state index contributed by atoms with van der Waals surface area (Å²) in [7, 11) is 0. The number of ether oxygens (including phenoxy) is 3. The van der Waals surface area contributed by atoms with E-state index in [-0.39, 0.29) is 12.1 Å². The minimum Gasteiger partial charge on any atom is -0.492 e. The zero-order chi connectivity index (χ0) is 22.3. The second-order valence-electron chi connectivity index (χ2n) is 8.91. The Morgan fingerprint density at radius 2 is 1.48 bits per heavy atom. The number of hydrogen-bond acceptors (Lipinski definition) is 5.